The van der Waals surface area contributed by atoms with Gasteiger partial charge in [-0.2, -0.15) is 4.98 Å². The van der Waals surface area contributed by atoms with Crippen LogP contribution in [0.4, 0.5) is 11.8 Å². The van der Waals surface area contributed by atoms with E-state index >= 15 is 0 Å². The van der Waals surface area contributed by atoms with Crippen LogP contribution < -0.4 is 25.7 Å². The summed E-state index contributed by atoms with van der Waals surface area (Å²) in [7, 11) is 4.49. The van der Waals surface area contributed by atoms with Crippen molar-refractivity contribution in [1.82, 2.24) is 9.97 Å². The number of nitrogens with zero attached hydrogens (tertiary/aromatic N) is 2. The van der Waals surface area contributed by atoms with Crippen molar-refractivity contribution in [2.24, 2.45) is 0 Å². The Bertz CT molecular complexity index is 653. The van der Waals surface area contributed by atoms with E-state index in [1.54, 1.807) is 12.1 Å². The van der Waals surface area contributed by atoms with Gasteiger partial charge in [-0.1, -0.05) is 0 Å². The topological polar surface area (TPSA) is 126 Å². The maximum atomic E-state index is 10.5. The van der Waals surface area contributed by atoms with E-state index in [0.29, 0.717) is 28.4 Å². The first-order valence-corrected chi connectivity index (χ1v) is 6.37. The minimum absolute atomic E-state index is 0.0401. The summed E-state index contributed by atoms with van der Waals surface area (Å²) in [5, 5.41) is 10.5. The quantitative estimate of drug-likeness (QED) is 0.738. The number of methoxy groups -OCH3 is 3. The van der Waals surface area contributed by atoms with Crippen LogP contribution in [0.25, 0.3) is 0 Å². The summed E-state index contributed by atoms with van der Waals surface area (Å²) in [5.74, 6) is 1.42. The Hall–Kier alpha value is -2.74. The van der Waals surface area contributed by atoms with Crippen LogP contribution in [0.1, 0.15) is 17.2 Å². The molecule has 2 rings (SSSR count). The van der Waals surface area contributed by atoms with Crippen LogP contribution in [0.3, 0.4) is 0 Å². The zero-order valence-corrected chi connectivity index (χ0v) is 12.5. The fourth-order valence-electron chi connectivity index (χ4n) is 2.07. The van der Waals surface area contributed by atoms with Crippen molar-refractivity contribution in [2.75, 3.05) is 32.8 Å². The smallest absolute Gasteiger partial charge is 0.221 e. The van der Waals surface area contributed by atoms with Gasteiger partial charge in [-0.15, -0.1) is 0 Å². The molecule has 0 unspecified atom stereocenters. The van der Waals surface area contributed by atoms with Crippen molar-refractivity contribution in [2.45, 2.75) is 6.10 Å². The number of aliphatic hydroxyl groups excluding tert-OH is 1. The molecule has 0 saturated heterocycles. The van der Waals surface area contributed by atoms with Crippen LogP contribution in [0.15, 0.2) is 18.3 Å². The first-order valence-electron chi connectivity index (χ1n) is 6.37. The van der Waals surface area contributed by atoms with E-state index < -0.39 is 6.10 Å². The first-order chi connectivity index (χ1) is 10.5. The van der Waals surface area contributed by atoms with Crippen LogP contribution in [0.2, 0.25) is 0 Å². The summed E-state index contributed by atoms with van der Waals surface area (Å²) < 4.78 is 15.8. The van der Waals surface area contributed by atoms with Crippen molar-refractivity contribution < 1.29 is 19.3 Å². The summed E-state index contributed by atoms with van der Waals surface area (Å²) in [6.45, 7) is 0. The highest BCUT2D eigenvalue weighted by Gasteiger charge is 2.20. The predicted octanol–water partition coefficient (Wildman–Crippen LogP) is 0.748. The van der Waals surface area contributed by atoms with E-state index in [2.05, 4.69) is 9.97 Å². The standard InChI is InChI=1S/C14H18N4O4/c1-20-9-4-7(5-10(21-2)12(9)22-3)11(19)8-6-17-14(16)18-13(8)15/h4-6,11,19H,1-3H3,(H4,15,16,17,18)/t11-/m0/s1. The monoisotopic (exact) mass is 306 g/mol. The van der Waals surface area contributed by atoms with Crippen molar-refractivity contribution >= 4 is 11.8 Å². The van der Waals surface area contributed by atoms with Crippen molar-refractivity contribution in [3.8, 4) is 17.2 Å². The highest BCUT2D eigenvalue weighted by atomic mass is 16.5. The fraction of sp³-hybridized carbons (Fsp3) is 0.286. The number of aromatic nitrogens is 2. The number of ether oxygens (including phenoxy) is 3. The minimum atomic E-state index is -1.06. The molecule has 5 N–H and O–H groups in total. The van der Waals surface area contributed by atoms with Gasteiger partial charge in [0.05, 0.1) is 21.3 Å². The molecule has 1 heterocycles. The van der Waals surface area contributed by atoms with Crippen LogP contribution >= 0.6 is 0 Å². The zero-order valence-electron chi connectivity index (χ0n) is 12.5. The lowest BCUT2D eigenvalue weighted by Gasteiger charge is -2.17. The lowest BCUT2D eigenvalue weighted by Crippen LogP contribution is -2.09. The van der Waals surface area contributed by atoms with Crippen molar-refractivity contribution in [3.05, 3.63) is 29.5 Å². The Morgan fingerprint density at radius 3 is 2.09 bits per heavy atom. The molecule has 0 aliphatic carbocycles. The number of benzene rings is 1. The van der Waals surface area contributed by atoms with E-state index in [-0.39, 0.29) is 11.8 Å². The number of nitrogen functional groups attached to an aromatic ring is 2. The number of rotatable bonds is 5. The molecule has 0 aliphatic heterocycles. The average Bonchev–Trinajstić information content (AvgIpc) is 2.52. The molecular weight excluding hydrogens is 288 g/mol. The number of nitrogens with two attached hydrogens (primary N) is 2. The van der Waals surface area contributed by atoms with Crippen LogP contribution in [-0.2, 0) is 0 Å². The molecule has 0 saturated carbocycles. The van der Waals surface area contributed by atoms with Gasteiger partial charge in [-0.05, 0) is 17.7 Å². The molecule has 1 atom stereocenters. The molecule has 0 fully saturated rings. The fourth-order valence-corrected chi connectivity index (χ4v) is 2.07. The van der Waals surface area contributed by atoms with E-state index in [1.165, 1.54) is 27.5 Å². The third-order valence-electron chi connectivity index (χ3n) is 3.16. The number of hydrogen-bond donors (Lipinski definition) is 3. The summed E-state index contributed by atoms with van der Waals surface area (Å²) in [6.07, 6.45) is 0.320. The molecule has 8 heteroatoms. The molecule has 1 aromatic carbocycles. The lowest BCUT2D eigenvalue weighted by molar-refractivity contribution is 0.218. The predicted molar refractivity (Wildman–Crippen MR) is 81.0 cm³/mol. The van der Waals surface area contributed by atoms with Gasteiger partial charge in [0, 0.05) is 11.8 Å². The third kappa shape index (κ3) is 2.82. The van der Waals surface area contributed by atoms with Crippen molar-refractivity contribution in [1.29, 1.82) is 0 Å². The molecular formula is C14H18N4O4. The van der Waals surface area contributed by atoms with E-state index in [1.807, 2.05) is 0 Å². The van der Waals surface area contributed by atoms with E-state index in [0.717, 1.165) is 0 Å². The largest absolute Gasteiger partial charge is 0.493 e. The third-order valence-corrected chi connectivity index (χ3v) is 3.16. The van der Waals surface area contributed by atoms with Gasteiger partial charge in [0.15, 0.2) is 11.5 Å². The molecule has 1 aromatic heterocycles. The molecule has 22 heavy (non-hydrogen) atoms. The van der Waals surface area contributed by atoms with Crippen LogP contribution in [-0.4, -0.2) is 36.4 Å². The SMILES string of the molecule is COc1cc([C@H](O)c2cnc(N)nc2N)cc(OC)c1OC. The Morgan fingerprint density at radius 2 is 1.64 bits per heavy atom. The summed E-state index contributed by atoms with van der Waals surface area (Å²) >= 11 is 0. The normalized spacial score (nSPS) is 11.8. The summed E-state index contributed by atoms with van der Waals surface area (Å²) in [6, 6.07) is 3.25. The zero-order chi connectivity index (χ0) is 16.3. The van der Waals surface area contributed by atoms with Gasteiger partial charge >= 0.3 is 0 Å². The highest BCUT2D eigenvalue weighted by Crippen LogP contribution is 2.41. The highest BCUT2D eigenvalue weighted by molar-refractivity contribution is 5.56. The Morgan fingerprint density at radius 1 is 1.05 bits per heavy atom. The molecule has 8 nitrogen and oxygen atoms in total. The molecule has 118 valence electrons. The Labute approximate surface area is 127 Å². The minimum Gasteiger partial charge on any atom is -0.493 e. The molecule has 2 aromatic rings. The van der Waals surface area contributed by atoms with Gasteiger partial charge in [0.2, 0.25) is 11.7 Å². The van der Waals surface area contributed by atoms with E-state index in [9.17, 15) is 5.11 Å². The maximum absolute atomic E-state index is 10.5. The summed E-state index contributed by atoms with van der Waals surface area (Å²) in [4.78, 5) is 7.68. The molecule has 0 spiro atoms. The Kier molecular flexibility index (Phi) is 4.52. The second-order valence-corrected chi connectivity index (χ2v) is 4.43. The number of aliphatic hydroxyl groups is 1. The molecule has 0 bridgehead atoms. The van der Waals surface area contributed by atoms with Gasteiger partial charge < -0.3 is 30.8 Å². The number of anilines is 2. The molecule has 0 aliphatic rings. The second-order valence-electron chi connectivity index (χ2n) is 4.43. The summed E-state index contributed by atoms with van der Waals surface area (Å²) in [5.41, 5.74) is 12.1. The molecule has 0 amide bonds. The van der Waals surface area contributed by atoms with Crippen LogP contribution in [0, 0.1) is 0 Å². The van der Waals surface area contributed by atoms with Gasteiger partial charge in [-0.25, -0.2) is 4.98 Å². The first kappa shape index (κ1) is 15.6. The van der Waals surface area contributed by atoms with Gasteiger partial charge in [0.1, 0.15) is 11.9 Å². The maximum Gasteiger partial charge on any atom is 0.221 e. The molecule has 0 radical (unpaired) electrons. The lowest BCUT2D eigenvalue weighted by atomic mass is 10.0. The Balaban J connectivity index is 2.51. The number of hydrogen-bond acceptors (Lipinski definition) is 8. The second kappa shape index (κ2) is 6.35. The van der Waals surface area contributed by atoms with E-state index in [4.69, 9.17) is 25.7 Å². The van der Waals surface area contributed by atoms with Crippen molar-refractivity contribution in [3.63, 3.8) is 0 Å². The average molecular weight is 306 g/mol. The van der Waals surface area contributed by atoms with Gasteiger partial charge in [-0.3, -0.25) is 0 Å². The van der Waals surface area contributed by atoms with Crippen LogP contribution in [0.5, 0.6) is 17.2 Å². The van der Waals surface area contributed by atoms with Gasteiger partial charge in [0.25, 0.3) is 0 Å².